The zero-order valence-electron chi connectivity index (χ0n) is 10.6. The molecule has 2 atom stereocenters. The minimum absolute atomic E-state index is 0.112. The van der Waals surface area contributed by atoms with Crippen molar-refractivity contribution in [1.29, 1.82) is 0 Å². The Bertz CT molecular complexity index is 686. The molecule has 1 aliphatic rings. The van der Waals surface area contributed by atoms with E-state index >= 15 is 0 Å². The molecule has 0 aliphatic carbocycles. The number of carbonyl (C=O) groups is 1. The average molecular weight is 336 g/mol. The highest BCUT2D eigenvalue weighted by Crippen LogP contribution is 2.36. The number of nitrogens with one attached hydrogen (secondary N) is 1. The van der Waals surface area contributed by atoms with Crippen molar-refractivity contribution in [3.63, 3.8) is 0 Å². The van der Waals surface area contributed by atoms with Crippen LogP contribution in [0.5, 0.6) is 5.75 Å². The van der Waals surface area contributed by atoms with Gasteiger partial charge in [-0.1, -0.05) is 22.0 Å². The molecule has 0 bridgehead atoms. The molecule has 104 valence electrons. The lowest BCUT2D eigenvalue weighted by atomic mass is 9.97. The van der Waals surface area contributed by atoms with Crippen molar-refractivity contribution < 1.29 is 15.0 Å². The molecule has 3 N–H and O–H groups in total. The monoisotopic (exact) mass is 335 g/mol. The summed E-state index contributed by atoms with van der Waals surface area (Å²) in [5, 5.41) is 24.4. The predicted octanol–water partition coefficient (Wildman–Crippen LogP) is 3.04. The minimum Gasteiger partial charge on any atom is -0.508 e. The van der Waals surface area contributed by atoms with Crippen molar-refractivity contribution in [2.75, 3.05) is 6.54 Å². The van der Waals surface area contributed by atoms with Gasteiger partial charge >= 0.3 is 5.97 Å². The second-order valence-corrected chi connectivity index (χ2v) is 6.05. The van der Waals surface area contributed by atoms with Crippen LogP contribution in [0.1, 0.15) is 18.0 Å². The van der Waals surface area contributed by atoms with Crippen LogP contribution in [0.15, 0.2) is 34.8 Å². The lowest BCUT2D eigenvalue weighted by molar-refractivity contribution is -0.141. The number of carboxylic acids is 1. The summed E-state index contributed by atoms with van der Waals surface area (Å²) in [6.45, 7) is 0.440. The first-order chi connectivity index (χ1) is 9.54. The van der Waals surface area contributed by atoms with Gasteiger partial charge in [-0.3, -0.25) is 4.79 Å². The number of aliphatic carboxylic acids is 1. The van der Waals surface area contributed by atoms with Gasteiger partial charge in [-0.15, -0.1) is 0 Å². The molecule has 4 nitrogen and oxygen atoms in total. The number of hydrogen-bond donors (Lipinski definition) is 3. The number of benzene rings is 2. The highest BCUT2D eigenvalue weighted by Gasteiger charge is 2.31. The van der Waals surface area contributed by atoms with Crippen molar-refractivity contribution in [3.8, 4) is 5.75 Å². The molecular formula is C15H14BrNO3. The summed E-state index contributed by atoms with van der Waals surface area (Å²) in [4.78, 5) is 11.0. The Kier molecular flexibility index (Phi) is 3.40. The number of aromatic hydroxyl groups is 1. The Morgan fingerprint density at radius 1 is 1.25 bits per heavy atom. The fourth-order valence-corrected chi connectivity index (χ4v) is 3.09. The van der Waals surface area contributed by atoms with Gasteiger partial charge in [-0.25, -0.2) is 0 Å². The molecule has 0 spiro atoms. The van der Waals surface area contributed by atoms with Gasteiger partial charge in [0.25, 0.3) is 0 Å². The highest BCUT2D eigenvalue weighted by atomic mass is 79.9. The maximum Gasteiger partial charge on any atom is 0.307 e. The predicted molar refractivity (Wildman–Crippen MR) is 79.8 cm³/mol. The van der Waals surface area contributed by atoms with Crippen molar-refractivity contribution in [1.82, 2.24) is 5.32 Å². The zero-order chi connectivity index (χ0) is 14.3. The van der Waals surface area contributed by atoms with Crippen LogP contribution in [0.4, 0.5) is 0 Å². The molecular weight excluding hydrogens is 322 g/mol. The van der Waals surface area contributed by atoms with Crippen LogP contribution in [0.3, 0.4) is 0 Å². The average Bonchev–Trinajstić information content (AvgIpc) is 2.88. The van der Waals surface area contributed by atoms with Gasteiger partial charge in [-0.2, -0.15) is 0 Å². The molecule has 0 radical (unpaired) electrons. The number of phenols is 1. The number of fused-ring (bicyclic) bond motifs is 1. The van der Waals surface area contributed by atoms with E-state index in [9.17, 15) is 9.90 Å². The Balaban J connectivity index is 1.99. The minimum atomic E-state index is -0.789. The van der Waals surface area contributed by atoms with E-state index in [0.29, 0.717) is 13.0 Å². The van der Waals surface area contributed by atoms with Gasteiger partial charge in [-0.05, 0) is 41.5 Å². The second kappa shape index (κ2) is 5.07. The summed E-state index contributed by atoms with van der Waals surface area (Å²) in [5.74, 6) is -0.969. The molecule has 1 fully saturated rings. The van der Waals surface area contributed by atoms with E-state index < -0.39 is 11.9 Å². The summed E-state index contributed by atoms with van der Waals surface area (Å²) in [5.41, 5.74) is 0.763. The summed E-state index contributed by atoms with van der Waals surface area (Å²) in [6, 6.07) is 9.40. The van der Waals surface area contributed by atoms with E-state index in [4.69, 9.17) is 5.11 Å². The largest absolute Gasteiger partial charge is 0.508 e. The fraction of sp³-hybridized carbons (Fsp3) is 0.267. The molecule has 0 amide bonds. The van der Waals surface area contributed by atoms with E-state index in [1.165, 1.54) is 0 Å². The number of hydrogen-bond acceptors (Lipinski definition) is 3. The topological polar surface area (TPSA) is 69.6 Å². The Hall–Kier alpha value is -1.59. The second-order valence-electron chi connectivity index (χ2n) is 5.13. The smallest absolute Gasteiger partial charge is 0.307 e. The van der Waals surface area contributed by atoms with Crippen LogP contribution in [0.2, 0.25) is 0 Å². The number of rotatable bonds is 2. The van der Waals surface area contributed by atoms with Crippen LogP contribution in [-0.4, -0.2) is 22.7 Å². The van der Waals surface area contributed by atoms with Crippen molar-refractivity contribution in [2.45, 2.75) is 12.5 Å². The highest BCUT2D eigenvalue weighted by molar-refractivity contribution is 9.10. The lowest BCUT2D eigenvalue weighted by Gasteiger charge is -2.14. The summed E-state index contributed by atoms with van der Waals surface area (Å²) < 4.78 is 0.976. The van der Waals surface area contributed by atoms with Crippen LogP contribution < -0.4 is 5.32 Å². The Labute approximate surface area is 124 Å². The fourth-order valence-electron chi connectivity index (χ4n) is 2.71. The van der Waals surface area contributed by atoms with E-state index in [2.05, 4.69) is 21.2 Å². The van der Waals surface area contributed by atoms with Gasteiger partial charge in [0.15, 0.2) is 0 Å². The van der Waals surface area contributed by atoms with Gasteiger partial charge in [0.1, 0.15) is 5.75 Å². The van der Waals surface area contributed by atoms with Gasteiger partial charge < -0.3 is 15.5 Å². The van der Waals surface area contributed by atoms with Gasteiger partial charge in [0.2, 0.25) is 0 Å². The van der Waals surface area contributed by atoms with Crippen LogP contribution in [0.25, 0.3) is 10.8 Å². The first kappa shape index (κ1) is 13.4. The van der Waals surface area contributed by atoms with E-state index in [-0.39, 0.29) is 11.8 Å². The molecule has 1 aliphatic heterocycles. The molecule has 2 aromatic rings. The summed E-state index contributed by atoms with van der Waals surface area (Å²) in [6.07, 6.45) is 0.502. The molecule has 0 saturated carbocycles. The van der Waals surface area contributed by atoms with Crippen molar-refractivity contribution >= 4 is 32.7 Å². The molecule has 2 unspecified atom stereocenters. The lowest BCUT2D eigenvalue weighted by Crippen LogP contribution is -2.17. The molecule has 3 rings (SSSR count). The summed E-state index contributed by atoms with van der Waals surface area (Å²) in [7, 11) is 0. The van der Waals surface area contributed by atoms with Crippen LogP contribution in [-0.2, 0) is 4.79 Å². The third-order valence-electron chi connectivity index (χ3n) is 3.80. The molecule has 20 heavy (non-hydrogen) atoms. The molecule has 0 aromatic heterocycles. The maximum atomic E-state index is 11.0. The molecule has 5 heteroatoms. The normalized spacial score (nSPS) is 22.2. The number of carboxylic acid groups (broad SMARTS) is 1. The molecule has 2 aromatic carbocycles. The SMILES string of the molecule is O=C(O)C1CNC(c2cc3cc(Br)ccc3cc2O)C1. The van der Waals surface area contributed by atoms with Gasteiger partial charge in [0, 0.05) is 22.6 Å². The zero-order valence-corrected chi connectivity index (χ0v) is 12.2. The van der Waals surface area contributed by atoms with E-state index in [1.807, 2.05) is 24.3 Å². The van der Waals surface area contributed by atoms with E-state index in [1.54, 1.807) is 6.07 Å². The first-order valence-corrected chi connectivity index (χ1v) is 7.22. The van der Waals surface area contributed by atoms with Crippen LogP contribution in [0, 0.1) is 5.92 Å². The number of halogens is 1. The quantitative estimate of drug-likeness (QED) is 0.788. The van der Waals surface area contributed by atoms with Crippen molar-refractivity contribution in [3.05, 3.63) is 40.4 Å². The van der Waals surface area contributed by atoms with E-state index in [0.717, 1.165) is 20.8 Å². The Morgan fingerprint density at radius 3 is 2.75 bits per heavy atom. The third-order valence-corrected chi connectivity index (χ3v) is 4.30. The Morgan fingerprint density at radius 2 is 2.05 bits per heavy atom. The summed E-state index contributed by atoms with van der Waals surface area (Å²) >= 11 is 3.43. The standard InChI is InChI=1S/C15H14BrNO3/c16-11-2-1-8-6-14(18)12(4-9(8)3-11)13-5-10(7-17-13)15(19)20/h1-4,6,10,13,17-18H,5,7H2,(H,19,20). The third kappa shape index (κ3) is 2.39. The van der Waals surface area contributed by atoms with Gasteiger partial charge in [0.05, 0.1) is 5.92 Å². The maximum absolute atomic E-state index is 11.0. The van der Waals surface area contributed by atoms with Crippen molar-refractivity contribution in [2.24, 2.45) is 5.92 Å². The molecule has 1 saturated heterocycles. The molecule has 1 heterocycles. The number of phenolic OH excluding ortho intramolecular Hbond substituents is 1. The van der Waals surface area contributed by atoms with Crippen LogP contribution >= 0.6 is 15.9 Å². The first-order valence-electron chi connectivity index (χ1n) is 6.43.